The van der Waals surface area contributed by atoms with E-state index >= 15 is 0 Å². The third-order valence-electron chi connectivity index (χ3n) is 6.86. The number of likely N-dealkylation sites (N-methyl/N-ethyl adjacent to an activating group) is 1. The molecule has 2 N–H and O–H groups in total. The van der Waals surface area contributed by atoms with Gasteiger partial charge in [0, 0.05) is 48.7 Å². The summed E-state index contributed by atoms with van der Waals surface area (Å²) in [4.78, 5) is 21.2. The minimum absolute atomic E-state index is 0.183. The highest BCUT2D eigenvalue weighted by molar-refractivity contribution is 7.89. The van der Waals surface area contributed by atoms with Crippen molar-refractivity contribution >= 4 is 37.6 Å². The van der Waals surface area contributed by atoms with Crippen LogP contribution in [-0.2, 0) is 21.2 Å². The minimum atomic E-state index is -3.96. The maximum Gasteiger partial charge on any atom is 0.241 e. The number of H-pyrrole nitrogens is 1. The van der Waals surface area contributed by atoms with Gasteiger partial charge in [-0.25, -0.2) is 8.42 Å². The molecule has 1 amide bonds. The molecule has 0 radical (unpaired) electrons. The van der Waals surface area contributed by atoms with Crippen LogP contribution in [0.5, 0.6) is 0 Å². The topological polar surface area (TPSA) is 85.5 Å². The van der Waals surface area contributed by atoms with Gasteiger partial charge in [0.2, 0.25) is 15.9 Å². The number of hydrogen-bond donors (Lipinski definition) is 2. The Kier molecular flexibility index (Phi) is 6.60. The lowest BCUT2D eigenvalue weighted by Gasteiger charge is -2.36. The van der Waals surface area contributed by atoms with E-state index in [1.54, 1.807) is 23.1 Å². The number of nitrogens with one attached hydrogen (secondary N) is 2. The van der Waals surface area contributed by atoms with Crippen molar-refractivity contribution in [2.24, 2.45) is 0 Å². The number of nitrogens with zero attached hydrogens (tertiary/aromatic N) is 2. The zero-order chi connectivity index (χ0) is 24.4. The van der Waals surface area contributed by atoms with E-state index in [-0.39, 0.29) is 17.2 Å². The Morgan fingerprint density at radius 3 is 2.40 bits per heavy atom. The van der Waals surface area contributed by atoms with Crippen LogP contribution < -0.4 is 4.72 Å². The fraction of sp³-hybridized carbons (Fsp3) is 0.296. The zero-order valence-corrected chi connectivity index (χ0v) is 20.6. The highest BCUT2D eigenvalue weighted by atomic mass is 32.2. The second kappa shape index (κ2) is 9.81. The van der Waals surface area contributed by atoms with Gasteiger partial charge in [-0.1, -0.05) is 61.5 Å². The van der Waals surface area contributed by atoms with Crippen LogP contribution in [0.25, 0.3) is 21.7 Å². The van der Waals surface area contributed by atoms with Crippen LogP contribution in [0, 0.1) is 0 Å². The lowest BCUT2D eigenvalue weighted by Crippen LogP contribution is -2.55. The van der Waals surface area contributed by atoms with Crippen LogP contribution >= 0.6 is 0 Å². The summed E-state index contributed by atoms with van der Waals surface area (Å²) in [7, 11) is -3.96. The summed E-state index contributed by atoms with van der Waals surface area (Å²) in [5.74, 6) is -0.185. The number of carbonyl (C=O) groups excluding carboxylic acids is 1. The van der Waals surface area contributed by atoms with E-state index in [9.17, 15) is 13.2 Å². The van der Waals surface area contributed by atoms with Gasteiger partial charge in [-0.15, -0.1) is 0 Å². The molecule has 0 aliphatic carbocycles. The van der Waals surface area contributed by atoms with Crippen LogP contribution in [0.1, 0.15) is 12.5 Å². The lowest BCUT2D eigenvalue weighted by molar-refractivity contribution is -0.134. The molecule has 182 valence electrons. The Balaban J connectivity index is 1.48. The minimum Gasteiger partial charge on any atom is -0.361 e. The van der Waals surface area contributed by atoms with Crippen LogP contribution in [0.4, 0.5) is 0 Å². The normalized spacial score (nSPS) is 16.1. The van der Waals surface area contributed by atoms with Gasteiger partial charge in [-0.3, -0.25) is 4.79 Å². The predicted molar refractivity (Wildman–Crippen MR) is 139 cm³/mol. The zero-order valence-electron chi connectivity index (χ0n) is 19.8. The molecule has 1 saturated heterocycles. The van der Waals surface area contributed by atoms with Gasteiger partial charge in [0.1, 0.15) is 6.04 Å². The first-order valence-electron chi connectivity index (χ1n) is 12.0. The Hall–Kier alpha value is -3.20. The smallest absolute Gasteiger partial charge is 0.241 e. The van der Waals surface area contributed by atoms with E-state index in [1.807, 2.05) is 54.7 Å². The first kappa shape index (κ1) is 23.5. The number of benzene rings is 3. The quantitative estimate of drug-likeness (QED) is 0.416. The first-order valence-corrected chi connectivity index (χ1v) is 13.5. The summed E-state index contributed by atoms with van der Waals surface area (Å²) >= 11 is 0. The van der Waals surface area contributed by atoms with Gasteiger partial charge in [-0.2, -0.15) is 4.72 Å². The van der Waals surface area contributed by atoms with Gasteiger partial charge in [0.25, 0.3) is 0 Å². The monoisotopic (exact) mass is 490 g/mol. The third-order valence-corrected chi connectivity index (χ3v) is 8.39. The maximum atomic E-state index is 13.7. The first-order chi connectivity index (χ1) is 17.0. The molecule has 1 atom stereocenters. The molecule has 0 spiro atoms. The highest BCUT2D eigenvalue weighted by Crippen LogP contribution is 2.25. The molecule has 1 aliphatic rings. The molecule has 1 aliphatic heterocycles. The summed E-state index contributed by atoms with van der Waals surface area (Å²) < 4.78 is 30.1. The molecule has 1 aromatic heterocycles. The summed E-state index contributed by atoms with van der Waals surface area (Å²) in [5.41, 5.74) is 1.87. The van der Waals surface area contributed by atoms with E-state index in [0.717, 1.165) is 41.5 Å². The van der Waals surface area contributed by atoms with Gasteiger partial charge < -0.3 is 14.8 Å². The maximum absolute atomic E-state index is 13.7. The van der Waals surface area contributed by atoms with E-state index in [0.29, 0.717) is 18.5 Å². The number of fused-ring (bicyclic) bond motifs is 2. The van der Waals surface area contributed by atoms with Crippen molar-refractivity contribution in [3.63, 3.8) is 0 Å². The molecule has 1 fully saturated rings. The van der Waals surface area contributed by atoms with Crippen molar-refractivity contribution in [1.29, 1.82) is 0 Å². The molecule has 0 bridgehead atoms. The van der Waals surface area contributed by atoms with Gasteiger partial charge >= 0.3 is 0 Å². The van der Waals surface area contributed by atoms with E-state index in [2.05, 4.69) is 21.5 Å². The molecule has 35 heavy (non-hydrogen) atoms. The Morgan fingerprint density at radius 1 is 0.943 bits per heavy atom. The van der Waals surface area contributed by atoms with E-state index < -0.39 is 16.1 Å². The molecule has 2 heterocycles. The number of sulfonamides is 1. The number of hydrogen-bond acceptors (Lipinski definition) is 4. The average Bonchev–Trinajstić information content (AvgIpc) is 3.30. The van der Waals surface area contributed by atoms with Gasteiger partial charge in [0.05, 0.1) is 4.90 Å². The second-order valence-corrected chi connectivity index (χ2v) is 10.7. The molecule has 4 aromatic rings. The average molecular weight is 491 g/mol. The molecule has 1 unspecified atom stereocenters. The number of piperazine rings is 1. The number of aromatic amines is 1. The molecular weight excluding hydrogens is 460 g/mol. The number of aromatic nitrogens is 1. The standard InChI is InChI=1S/C27H30N4O3S/c1-2-30-14-16-31(17-15-30)27(32)25(18-21-19-28-24-12-6-5-10-22(21)24)29-35(33,34)26-13-7-9-20-8-3-4-11-23(20)26/h3-13,19,25,28-29H,2,14-18H2,1H3. The number of carbonyl (C=O) groups is 1. The van der Waals surface area contributed by atoms with Crippen molar-refractivity contribution in [3.8, 4) is 0 Å². The Labute approximate surface area is 205 Å². The molecule has 5 rings (SSSR count). The second-order valence-electron chi connectivity index (χ2n) is 8.97. The van der Waals surface area contributed by atoms with Crippen LogP contribution in [0.3, 0.4) is 0 Å². The van der Waals surface area contributed by atoms with E-state index in [4.69, 9.17) is 0 Å². The lowest BCUT2D eigenvalue weighted by atomic mass is 10.0. The number of amides is 1. The van der Waals surface area contributed by atoms with Crippen LogP contribution in [0.2, 0.25) is 0 Å². The fourth-order valence-corrected chi connectivity index (χ4v) is 6.30. The summed E-state index contributed by atoms with van der Waals surface area (Å²) in [6.07, 6.45) is 2.13. The van der Waals surface area contributed by atoms with Crippen LogP contribution in [-0.4, -0.2) is 67.9 Å². The molecule has 0 saturated carbocycles. The van der Waals surface area contributed by atoms with Gasteiger partial charge in [-0.05, 0) is 36.0 Å². The predicted octanol–water partition coefficient (Wildman–Crippen LogP) is 3.37. The van der Waals surface area contributed by atoms with Crippen molar-refractivity contribution in [2.75, 3.05) is 32.7 Å². The SMILES string of the molecule is CCN1CCN(C(=O)C(Cc2c[nH]c3ccccc23)NS(=O)(=O)c2cccc3ccccc23)CC1. The fourth-order valence-electron chi connectivity index (χ4n) is 4.89. The largest absolute Gasteiger partial charge is 0.361 e. The van der Waals surface area contributed by atoms with Crippen molar-refractivity contribution in [1.82, 2.24) is 19.5 Å². The Bertz CT molecular complexity index is 1450. The molecule has 8 heteroatoms. The Morgan fingerprint density at radius 2 is 1.63 bits per heavy atom. The number of rotatable bonds is 7. The van der Waals surface area contributed by atoms with Crippen LogP contribution in [0.15, 0.2) is 77.8 Å². The summed E-state index contributed by atoms with van der Waals surface area (Å²) in [5, 5.41) is 2.47. The van der Waals surface area contributed by atoms with Crippen molar-refractivity contribution < 1.29 is 13.2 Å². The van der Waals surface area contributed by atoms with Crippen molar-refractivity contribution in [2.45, 2.75) is 24.3 Å². The highest BCUT2D eigenvalue weighted by Gasteiger charge is 2.32. The van der Waals surface area contributed by atoms with E-state index in [1.165, 1.54) is 0 Å². The summed E-state index contributed by atoms with van der Waals surface area (Å²) in [6.45, 7) is 5.81. The molecule has 3 aromatic carbocycles. The summed E-state index contributed by atoms with van der Waals surface area (Å²) in [6, 6.07) is 19.5. The molecule has 7 nitrogen and oxygen atoms in total. The van der Waals surface area contributed by atoms with Crippen molar-refractivity contribution in [3.05, 3.63) is 78.5 Å². The molecular formula is C27H30N4O3S. The van der Waals surface area contributed by atoms with Gasteiger partial charge in [0.15, 0.2) is 0 Å². The third kappa shape index (κ3) is 4.82. The number of para-hydroxylation sites is 1.